The molecule has 6 heteroatoms. The monoisotopic (exact) mass is 316 g/mol. The van der Waals surface area contributed by atoms with Gasteiger partial charge in [0.2, 0.25) is 5.91 Å². The first-order valence-corrected chi connectivity index (χ1v) is 7.73. The maximum atomic E-state index is 13.4. The first-order chi connectivity index (χ1) is 10.9. The van der Waals surface area contributed by atoms with Gasteiger partial charge in [0.05, 0.1) is 17.9 Å². The van der Waals surface area contributed by atoms with Crippen LogP contribution in [0.2, 0.25) is 0 Å². The van der Waals surface area contributed by atoms with Gasteiger partial charge in [0, 0.05) is 37.9 Å². The van der Waals surface area contributed by atoms with Crippen molar-refractivity contribution in [3.8, 4) is 5.69 Å². The molecule has 1 aliphatic rings. The largest absolute Gasteiger partial charge is 0.341 e. The summed E-state index contributed by atoms with van der Waals surface area (Å²) in [6, 6.07) is 6.56. The Morgan fingerprint density at radius 2 is 2.17 bits per heavy atom. The average Bonchev–Trinajstić information content (AvgIpc) is 2.86. The van der Waals surface area contributed by atoms with Crippen LogP contribution in [0, 0.1) is 12.7 Å². The highest BCUT2D eigenvalue weighted by Crippen LogP contribution is 2.17. The molecule has 0 spiro atoms. The molecule has 2 aromatic rings. The van der Waals surface area contributed by atoms with Gasteiger partial charge in [-0.1, -0.05) is 6.07 Å². The van der Waals surface area contributed by atoms with Gasteiger partial charge < -0.3 is 4.90 Å². The standard InChI is InChI=1S/C17H21FN4O/c1-12-8-21(11-17(23)20(12)3)9-14-10-22(19-13(14)2)16-6-4-5-15(18)7-16/h4-7,10,12H,8-9,11H2,1-3H3. The predicted molar refractivity (Wildman–Crippen MR) is 85.8 cm³/mol. The van der Waals surface area contributed by atoms with E-state index in [0.717, 1.165) is 17.8 Å². The van der Waals surface area contributed by atoms with Gasteiger partial charge in [-0.2, -0.15) is 5.10 Å². The molecule has 1 unspecified atom stereocenters. The van der Waals surface area contributed by atoms with Crippen molar-refractivity contribution in [1.82, 2.24) is 19.6 Å². The summed E-state index contributed by atoms with van der Waals surface area (Å²) < 4.78 is 15.1. The van der Waals surface area contributed by atoms with E-state index in [4.69, 9.17) is 0 Å². The van der Waals surface area contributed by atoms with Crippen molar-refractivity contribution in [3.05, 3.63) is 47.5 Å². The first kappa shape index (κ1) is 15.7. The molecule has 1 aromatic heterocycles. The number of halogens is 1. The van der Waals surface area contributed by atoms with Crippen LogP contribution in [0.5, 0.6) is 0 Å². The topological polar surface area (TPSA) is 41.4 Å². The fourth-order valence-corrected chi connectivity index (χ4v) is 2.87. The fourth-order valence-electron chi connectivity index (χ4n) is 2.87. The smallest absolute Gasteiger partial charge is 0.236 e. The van der Waals surface area contributed by atoms with E-state index < -0.39 is 0 Å². The predicted octanol–water partition coefficient (Wildman–Crippen LogP) is 1.98. The summed E-state index contributed by atoms with van der Waals surface area (Å²) in [6.07, 6.45) is 1.91. The average molecular weight is 316 g/mol. The van der Waals surface area contributed by atoms with Crippen molar-refractivity contribution in [2.24, 2.45) is 0 Å². The Bertz CT molecular complexity index is 727. The molecule has 1 aromatic carbocycles. The van der Waals surface area contributed by atoms with Gasteiger partial charge in [0.15, 0.2) is 0 Å². The molecule has 0 saturated carbocycles. The quantitative estimate of drug-likeness (QED) is 0.869. The minimum Gasteiger partial charge on any atom is -0.341 e. The van der Waals surface area contributed by atoms with Crippen molar-refractivity contribution in [3.63, 3.8) is 0 Å². The number of carbonyl (C=O) groups excluding carboxylic acids is 1. The summed E-state index contributed by atoms with van der Waals surface area (Å²) in [5.41, 5.74) is 2.65. The van der Waals surface area contributed by atoms with Gasteiger partial charge in [-0.25, -0.2) is 9.07 Å². The number of rotatable bonds is 3. The molecule has 0 N–H and O–H groups in total. The maximum Gasteiger partial charge on any atom is 0.236 e. The summed E-state index contributed by atoms with van der Waals surface area (Å²) in [6.45, 7) is 5.92. The number of amides is 1. The summed E-state index contributed by atoms with van der Waals surface area (Å²) in [4.78, 5) is 15.9. The van der Waals surface area contributed by atoms with Crippen LogP contribution in [0.3, 0.4) is 0 Å². The minimum absolute atomic E-state index is 0.138. The van der Waals surface area contributed by atoms with Crippen molar-refractivity contribution < 1.29 is 9.18 Å². The number of hydrogen-bond donors (Lipinski definition) is 0. The molecule has 23 heavy (non-hydrogen) atoms. The molecule has 1 saturated heterocycles. The number of carbonyl (C=O) groups is 1. The number of aryl methyl sites for hydroxylation is 1. The molecule has 0 radical (unpaired) electrons. The van der Waals surface area contributed by atoms with Crippen LogP contribution in [0.4, 0.5) is 4.39 Å². The van der Waals surface area contributed by atoms with Gasteiger partial charge in [-0.05, 0) is 32.0 Å². The van der Waals surface area contributed by atoms with Crippen LogP contribution in [0.15, 0.2) is 30.5 Å². The van der Waals surface area contributed by atoms with Gasteiger partial charge in [0.25, 0.3) is 0 Å². The van der Waals surface area contributed by atoms with Crippen LogP contribution >= 0.6 is 0 Å². The second-order valence-electron chi connectivity index (χ2n) is 6.19. The molecule has 1 atom stereocenters. The summed E-state index contributed by atoms with van der Waals surface area (Å²) in [5.74, 6) is -0.144. The number of likely N-dealkylation sites (N-methyl/N-ethyl adjacent to an activating group) is 1. The van der Waals surface area contributed by atoms with E-state index in [9.17, 15) is 9.18 Å². The third-order valence-electron chi connectivity index (χ3n) is 4.40. The van der Waals surface area contributed by atoms with Gasteiger partial charge in [-0.3, -0.25) is 9.69 Å². The summed E-state index contributed by atoms with van der Waals surface area (Å²) in [7, 11) is 1.84. The van der Waals surface area contributed by atoms with E-state index in [1.165, 1.54) is 12.1 Å². The van der Waals surface area contributed by atoms with Crippen LogP contribution < -0.4 is 0 Å². The highest BCUT2D eigenvalue weighted by Gasteiger charge is 2.27. The first-order valence-electron chi connectivity index (χ1n) is 7.73. The third-order valence-corrected chi connectivity index (χ3v) is 4.40. The second kappa shape index (κ2) is 6.12. The molecule has 5 nitrogen and oxygen atoms in total. The maximum absolute atomic E-state index is 13.4. The van der Waals surface area contributed by atoms with E-state index in [1.54, 1.807) is 15.6 Å². The molecule has 1 amide bonds. The lowest BCUT2D eigenvalue weighted by Crippen LogP contribution is -2.53. The lowest BCUT2D eigenvalue weighted by Gasteiger charge is -2.37. The number of nitrogens with zero attached hydrogens (tertiary/aromatic N) is 4. The van der Waals surface area contributed by atoms with E-state index in [1.807, 2.05) is 33.2 Å². The Balaban J connectivity index is 1.78. The number of aromatic nitrogens is 2. The highest BCUT2D eigenvalue weighted by molar-refractivity contribution is 5.79. The molecular formula is C17H21FN4O. The van der Waals surface area contributed by atoms with Gasteiger partial charge in [-0.15, -0.1) is 0 Å². The molecular weight excluding hydrogens is 295 g/mol. The second-order valence-corrected chi connectivity index (χ2v) is 6.19. The Kier molecular flexibility index (Phi) is 4.17. The van der Waals surface area contributed by atoms with E-state index >= 15 is 0 Å². The zero-order valence-corrected chi connectivity index (χ0v) is 13.7. The Morgan fingerprint density at radius 1 is 1.39 bits per heavy atom. The number of hydrogen-bond acceptors (Lipinski definition) is 3. The molecule has 1 aliphatic heterocycles. The summed E-state index contributed by atoms with van der Waals surface area (Å²) >= 11 is 0. The van der Waals surface area contributed by atoms with Crippen LogP contribution in [0.1, 0.15) is 18.2 Å². The number of benzene rings is 1. The van der Waals surface area contributed by atoms with Gasteiger partial charge in [0.1, 0.15) is 5.82 Å². The van der Waals surface area contributed by atoms with Crippen LogP contribution in [-0.2, 0) is 11.3 Å². The third kappa shape index (κ3) is 3.27. The molecule has 3 rings (SSSR count). The minimum atomic E-state index is -0.282. The highest BCUT2D eigenvalue weighted by atomic mass is 19.1. The zero-order valence-electron chi connectivity index (χ0n) is 13.7. The van der Waals surface area contributed by atoms with E-state index in [2.05, 4.69) is 10.00 Å². The van der Waals surface area contributed by atoms with Crippen LogP contribution in [-0.4, -0.2) is 51.7 Å². The van der Waals surface area contributed by atoms with Crippen molar-refractivity contribution in [1.29, 1.82) is 0 Å². The lowest BCUT2D eigenvalue weighted by atomic mass is 10.1. The molecule has 1 fully saturated rings. The normalized spacial score (nSPS) is 19.4. The van der Waals surface area contributed by atoms with E-state index in [-0.39, 0.29) is 17.8 Å². The molecule has 0 bridgehead atoms. The summed E-state index contributed by atoms with van der Waals surface area (Å²) in [5, 5.41) is 4.47. The molecule has 0 aliphatic carbocycles. The molecule has 122 valence electrons. The zero-order chi connectivity index (χ0) is 16.6. The molecule has 2 heterocycles. The van der Waals surface area contributed by atoms with E-state index in [0.29, 0.717) is 18.8 Å². The Labute approximate surface area is 135 Å². The Morgan fingerprint density at radius 3 is 2.87 bits per heavy atom. The van der Waals surface area contributed by atoms with Crippen molar-refractivity contribution in [2.45, 2.75) is 26.4 Å². The fraction of sp³-hybridized carbons (Fsp3) is 0.412. The van der Waals surface area contributed by atoms with Crippen LogP contribution in [0.25, 0.3) is 5.69 Å². The number of piperazine rings is 1. The Hall–Kier alpha value is -2.21. The van der Waals surface area contributed by atoms with Gasteiger partial charge >= 0.3 is 0 Å². The van der Waals surface area contributed by atoms with Crippen molar-refractivity contribution in [2.75, 3.05) is 20.1 Å². The lowest BCUT2D eigenvalue weighted by molar-refractivity contribution is -0.137. The van der Waals surface area contributed by atoms with Crippen molar-refractivity contribution >= 4 is 5.91 Å². The SMILES string of the molecule is Cc1nn(-c2cccc(F)c2)cc1CN1CC(=O)N(C)C(C)C1.